The molecule has 3 heterocycles. The first kappa shape index (κ1) is 26.1. The number of hydrogen-bond donors (Lipinski definition) is 3. The smallest absolute Gasteiger partial charge is 0.198 e. The van der Waals surface area contributed by atoms with Crippen molar-refractivity contribution in [2.45, 2.75) is 76.5 Å². The van der Waals surface area contributed by atoms with Crippen molar-refractivity contribution in [3.8, 4) is 17.2 Å². The molecule has 1 aliphatic carbocycles. The molecule has 3 aliphatic heterocycles. The maximum absolute atomic E-state index is 13.8. The van der Waals surface area contributed by atoms with Crippen LogP contribution in [-0.4, -0.2) is 69.5 Å². The summed E-state index contributed by atoms with van der Waals surface area (Å²) < 4.78 is 24.3. The average Bonchev–Trinajstić information content (AvgIpc) is 2.91. The average molecular weight is 561 g/mol. The number of carbonyl (C=O) groups is 3. The molecule has 7 atom stereocenters. The van der Waals surface area contributed by atoms with Gasteiger partial charge in [-0.2, -0.15) is 0 Å². The van der Waals surface area contributed by atoms with Crippen LogP contribution in [0.15, 0.2) is 30.3 Å². The number of aromatic hydroxyl groups is 3. The molecule has 10 nitrogen and oxygen atoms in total. The summed E-state index contributed by atoms with van der Waals surface area (Å²) >= 11 is 0. The van der Waals surface area contributed by atoms with Gasteiger partial charge in [-0.15, -0.1) is 0 Å². The van der Waals surface area contributed by atoms with Gasteiger partial charge in [0, 0.05) is 45.9 Å². The molecule has 212 valence electrons. The molecule has 10 heteroatoms. The van der Waals surface area contributed by atoms with Crippen LogP contribution in [0, 0.1) is 6.92 Å². The lowest BCUT2D eigenvalue weighted by molar-refractivity contribution is -0.347. The Bertz CT molecular complexity index is 1680. The molecule has 41 heavy (non-hydrogen) atoms. The normalized spacial score (nSPS) is 30.9. The number of rotatable bonds is 1. The fourth-order valence-corrected chi connectivity index (χ4v) is 6.63. The monoisotopic (exact) mass is 560 g/mol. The molecular weight excluding hydrogens is 532 g/mol. The van der Waals surface area contributed by atoms with Gasteiger partial charge >= 0.3 is 0 Å². The van der Waals surface area contributed by atoms with Crippen molar-refractivity contribution >= 4 is 28.1 Å². The van der Waals surface area contributed by atoms with Crippen LogP contribution < -0.4 is 0 Å². The van der Waals surface area contributed by atoms with Crippen LogP contribution in [0.5, 0.6) is 17.2 Å². The van der Waals surface area contributed by atoms with Crippen molar-refractivity contribution in [2.24, 2.45) is 0 Å². The lowest BCUT2D eigenvalue weighted by Crippen LogP contribution is -2.60. The summed E-state index contributed by atoms with van der Waals surface area (Å²) in [5, 5.41) is 33.1. The van der Waals surface area contributed by atoms with Gasteiger partial charge in [-0.05, 0) is 50.6 Å². The molecule has 3 aromatic rings. The van der Waals surface area contributed by atoms with Crippen molar-refractivity contribution in [3.63, 3.8) is 0 Å². The van der Waals surface area contributed by atoms with Gasteiger partial charge in [-0.3, -0.25) is 14.4 Å². The van der Waals surface area contributed by atoms with E-state index in [-0.39, 0.29) is 63.2 Å². The van der Waals surface area contributed by atoms with Crippen LogP contribution in [0.3, 0.4) is 0 Å². The minimum absolute atomic E-state index is 0.00970. The minimum Gasteiger partial charge on any atom is -0.507 e. The Morgan fingerprint density at radius 2 is 1.56 bits per heavy atom. The van der Waals surface area contributed by atoms with Crippen molar-refractivity contribution in [1.82, 2.24) is 0 Å². The van der Waals surface area contributed by atoms with Crippen LogP contribution in [0.1, 0.15) is 75.8 Å². The summed E-state index contributed by atoms with van der Waals surface area (Å²) in [5.41, 5.74) is 0.646. The third-order valence-electron chi connectivity index (χ3n) is 8.63. The molecule has 3 aromatic carbocycles. The van der Waals surface area contributed by atoms with Gasteiger partial charge in [-0.1, -0.05) is 6.07 Å². The highest BCUT2D eigenvalue weighted by atomic mass is 16.7. The zero-order valence-electron chi connectivity index (χ0n) is 22.5. The number of aryl methyl sites for hydroxylation is 1. The Balaban J connectivity index is 1.25. The van der Waals surface area contributed by atoms with Crippen molar-refractivity contribution in [2.75, 3.05) is 0 Å². The Morgan fingerprint density at radius 1 is 0.805 bits per heavy atom. The first-order valence-electron chi connectivity index (χ1n) is 13.6. The predicted molar refractivity (Wildman–Crippen MR) is 142 cm³/mol. The SMILES string of the molecule is Cc1cc(O)c2c3c(cc(O)c2c1)C(=O)c1c(ccc([C@H]2C[C@H]4O[C@H]5CC(=O)[C@H](C)O[C@@H]5O[C@@H]4[C@@H](C)O2)c1O)C3=O. The molecule has 0 unspecified atom stereocenters. The van der Waals surface area contributed by atoms with Gasteiger partial charge in [0.1, 0.15) is 35.6 Å². The summed E-state index contributed by atoms with van der Waals surface area (Å²) in [4.78, 5) is 39.7. The van der Waals surface area contributed by atoms with Crippen LogP contribution in [-0.2, 0) is 23.7 Å². The second-order valence-electron chi connectivity index (χ2n) is 11.3. The van der Waals surface area contributed by atoms with Crippen LogP contribution >= 0.6 is 0 Å². The number of carbonyl (C=O) groups excluding carboxylic acids is 3. The first-order chi connectivity index (χ1) is 19.5. The molecule has 0 saturated carbocycles. The highest BCUT2D eigenvalue weighted by Crippen LogP contribution is 2.47. The first-order valence-corrected chi connectivity index (χ1v) is 13.6. The van der Waals surface area contributed by atoms with E-state index in [1.165, 1.54) is 18.2 Å². The number of hydrogen-bond acceptors (Lipinski definition) is 10. The summed E-state index contributed by atoms with van der Waals surface area (Å²) in [7, 11) is 0. The van der Waals surface area contributed by atoms with E-state index in [1.807, 2.05) is 6.92 Å². The Hall–Kier alpha value is -3.83. The molecule has 3 N–H and O–H groups in total. The molecule has 0 bridgehead atoms. The van der Waals surface area contributed by atoms with Crippen LogP contribution in [0.25, 0.3) is 10.8 Å². The van der Waals surface area contributed by atoms with Gasteiger partial charge in [0.05, 0.1) is 23.9 Å². The van der Waals surface area contributed by atoms with Gasteiger partial charge in [0.25, 0.3) is 0 Å². The number of ether oxygens (including phenoxy) is 4. The van der Waals surface area contributed by atoms with Crippen molar-refractivity contribution < 1.29 is 48.7 Å². The molecule has 4 aliphatic rings. The summed E-state index contributed by atoms with van der Waals surface area (Å²) in [5.74, 6) is -2.16. The second kappa shape index (κ2) is 9.09. The zero-order valence-corrected chi connectivity index (χ0v) is 22.5. The van der Waals surface area contributed by atoms with E-state index >= 15 is 0 Å². The van der Waals surface area contributed by atoms with E-state index in [1.54, 1.807) is 26.0 Å². The second-order valence-corrected chi connectivity index (χ2v) is 11.3. The van der Waals surface area contributed by atoms with Gasteiger partial charge in [0.15, 0.2) is 23.6 Å². The van der Waals surface area contributed by atoms with E-state index in [0.717, 1.165) is 0 Å². The maximum atomic E-state index is 13.8. The molecular formula is C31H28O10. The maximum Gasteiger partial charge on any atom is 0.198 e. The standard InChI is InChI=1S/C31H28O10/c1-11-6-16-19(33)8-17-25(24(16)20(34)7-11)28(36)15-5-4-14(27(35)26(15)29(17)37)21-10-22-30(13(3)38-21)41-31-23(40-22)9-18(32)12(2)39-31/h4-8,12-13,21-23,30-31,33-35H,9-10H2,1-3H3/t12-,13+,21+,22+,23-,30+,31+/m0/s1. The van der Waals surface area contributed by atoms with Gasteiger partial charge in [-0.25, -0.2) is 0 Å². The Morgan fingerprint density at radius 3 is 2.34 bits per heavy atom. The molecule has 3 fully saturated rings. The molecule has 7 rings (SSSR count). The number of Topliss-reactive ketones (excluding diaryl/α,β-unsaturated/α-hetero) is 1. The molecule has 0 aromatic heterocycles. The summed E-state index contributed by atoms with van der Waals surface area (Å²) in [6, 6.07) is 7.31. The third-order valence-corrected chi connectivity index (χ3v) is 8.63. The number of phenolic OH excluding ortho intramolecular Hbond substituents is 3. The van der Waals surface area contributed by atoms with Crippen molar-refractivity contribution in [1.29, 1.82) is 0 Å². The fraction of sp³-hybridized carbons (Fsp3) is 0.387. The Kier molecular flexibility index (Phi) is 5.78. The van der Waals surface area contributed by atoms with E-state index < -0.39 is 60.2 Å². The van der Waals surface area contributed by atoms with Crippen LogP contribution in [0.2, 0.25) is 0 Å². The molecule has 0 radical (unpaired) electrons. The van der Waals surface area contributed by atoms with Gasteiger partial charge < -0.3 is 34.3 Å². The number of ketones is 3. The topological polar surface area (TPSA) is 149 Å². The highest BCUT2D eigenvalue weighted by molar-refractivity contribution is 6.34. The van der Waals surface area contributed by atoms with Crippen molar-refractivity contribution in [3.05, 3.63) is 63.7 Å². The third kappa shape index (κ3) is 3.82. The van der Waals surface area contributed by atoms with E-state index in [0.29, 0.717) is 11.1 Å². The van der Waals surface area contributed by atoms with E-state index in [4.69, 9.17) is 18.9 Å². The molecule has 0 amide bonds. The quantitative estimate of drug-likeness (QED) is 0.314. The number of fused-ring (bicyclic) bond motifs is 6. The Labute approximate surface area is 234 Å². The van der Waals surface area contributed by atoms with E-state index in [2.05, 4.69) is 0 Å². The summed E-state index contributed by atoms with van der Waals surface area (Å²) in [6.07, 6.45) is -3.46. The molecule has 3 saturated heterocycles. The zero-order chi connectivity index (χ0) is 28.9. The summed E-state index contributed by atoms with van der Waals surface area (Å²) in [6.45, 7) is 5.23. The van der Waals surface area contributed by atoms with Crippen LogP contribution in [0.4, 0.5) is 0 Å². The predicted octanol–water partition coefficient (Wildman–Crippen LogP) is 3.75. The largest absolute Gasteiger partial charge is 0.507 e. The number of benzene rings is 3. The highest BCUT2D eigenvalue weighted by Gasteiger charge is 2.50. The van der Waals surface area contributed by atoms with Gasteiger partial charge in [0.2, 0.25) is 0 Å². The minimum atomic E-state index is -0.697. The van der Waals surface area contributed by atoms with E-state index in [9.17, 15) is 29.7 Å². The lowest BCUT2D eigenvalue weighted by atomic mass is 9.79. The molecule has 0 spiro atoms. The lowest BCUT2D eigenvalue weighted by Gasteiger charge is -2.49. The fourth-order valence-electron chi connectivity index (χ4n) is 6.63. The number of phenols is 3.